The van der Waals surface area contributed by atoms with E-state index in [4.69, 9.17) is 0 Å². The molecule has 2 unspecified atom stereocenters. The van der Waals surface area contributed by atoms with Crippen LogP contribution in [0.1, 0.15) is 38.3 Å². The maximum atomic E-state index is 12.6. The largest absolute Gasteiger partial charge is 0.342 e. The molecule has 110 valence electrons. The van der Waals surface area contributed by atoms with Gasteiger partial charge in [0.25, 0.3) is 0 Å². The van der Waals surface area contributed by atoms with Crippen molar-refractivity contribution < 1.29 is 9.59 Å². The minimum absolute atomic E-state index is 0.0290. The molecule has 0 spiro atoms. The van der Waals surface area contributed by atoms with Crippen molar-refractivity contribution in [2.45, 2.75) is 52.7 Å². The summed E-state index contributed by atoms with van der Waals surface area (Å²) < 4.78 is 0. The van der Waals surface area contributed by atoms with E-state index in [-0.39, 0.29) is 23.8 Å². The molecule has 0 aromatic carbocycles. The van der Waals surface area contributed by atoms with Crippen LogP contribution in [0.25, 0.3) is 0 Å². The number of amides is 2. The highest BCUT2D eigenvalue weighted by molar-refractivity contribution is 7.08. The van der Waals surface area contributed by atoms with Crippen molar-refractivity contribution in [3.8, 4) is 0 Å². The monoisotopic (exact) mass is 294 g/mol. The van der Waals surface area contributed by atoms with Gasteiger partial charge in [0, 0.05) is 6.54 Å². The number of thiophene rings is 1. The van der Waals surface area contributed by atoms with E-state index in [2.05, 4.69) is 16.1 Å². The van der Waals surface area contributed by atoms with E-state index < -0.39 is 6.04 Å². The lowest BCUT2D eigenvalue weighted by Crippen LogP contribution is -2.64. The Balaban J connectivity index is 2.27. The van der Waals surface area contributed by atoms with Crippen molar-refractivity contribution in [1.29, 1.82) is 0 Å². The molecule has 0 aliphatic carbocycles. The normalized spacial score (nSPS) is 23.4. The SMILES string of the molecule is CCC1C(=O)NC(C(C)C)C(=O)N1Cc1cscc1C. The molecule has 20 heavy (non-hydrogen) atoms. The van der Waals surface area contributed by atoms with Crippen molar-refractivity contribution in [3.63, 3.8) is 0 Å². The molecule has 1 saturated heterocycles. The summed E-state index contributed by atoms with van der Waals surface area (Å²) in [5.74, 6) is 0.117. The van der Waals surface area contributed by atoms with Gasteiger partial charge in [-0.05, 0) is 41.1 Å². The minimum atomic E-state index is -0.399. The van der Waals surface area contributed by atoms with Gasteiger partial charge in [-0.3, -0.25) is 9.59 Å². The summed E-state index contributed by atoms with van der Waals surface area (Å²) in [6.07, 6.45) is 0.644. The summed E-state index contributed by atoms with van der Waals surface area (Å²) in [6.45, 7) is 8.44. The Bertz CT molecular complexity index is 510. The first-order valence-electron chi connectivity index (χ1n) is 7.08. The van der Waals surface area contributed by atoms with Crippen LogP contribution in [0.3, 0.4) is 0 Å². The molecule has 1 aromatic rings. The zero-order chi connectivity index (χ0) is 14.9. The lowest BCUT2D eigenvalue weighted by molar-refractivity contribution is -0.151. The molecule has 2 amide bonds. The van der Waals surface area contributed by atoms with E-state index >= 15 is 0 Å². The fourth-order valence-electron chi connectivity index (χ4n) is 2.56. The van der Waals surface area contributed by atoms with Gasteiger partial charge < -0.3 is 10.2 Å². The molecular weight excluding hydrogens is 272 g/mol. The van der Waals surface area contributed by atoms with Crippen LogP contribution in [0.15, 0.2) is 10.8 Å². The van der Waals surface area contributed by atoms with Gasteiger partial charge in [0.15, 0.2) is 0 Å². The van der Waals surface area contributed by atoms with E-state index in [1.807, 2.05) is 27.7 Å². The molecule has 5 heteroatoms. The Morgan fingerprint density at radius 2 is 2.05 bits per heavy atom. The Kier molecular flexibility index (Phi) is 4.48. The standard InChI is InChI=1S/C15H22N2O2S/c1-5-12-14(18)16-13(9(2)3)15(19)17(12)6-11-8-20-7-10(11)4/h7-9,12-13H,5-6H2,1-4H3,(H,16,18). The van der Waals surface area contributed by atoms with Crippen LogP contribution in [0.5, 0.6) is 0 Å². The van der Waals surface area contributed by atoms with E-state index in [0.717, 1.165) is 5.56 Å². The lowest BCUT2D eigenvalue weighted by Gasteiger charge is -2.40. The fourth-order valence-corrected chi connectivity index (χ4v) is 3.41. The Labute approximate surface area is 124 Å². The number of carbonyl (C=O) groups excluding carboxylic acids is 2. The van der Waals surface area contributed by atoms with Gasteiger partial charge in [0.1, 0.15) is 12.1 Å². The van der Waals surface area contributed by atoms with Gasteiger partial charge >= 0.3 is 0 Å². The molecule has 0 bridgehead atoms. The number of nitrogens with one attached hydrogen (secondary N) is 1. The van der Waals surface area contributed by atoms with Crippen LogP contribution in [0.4, 0.5) is 0 Å². The first-order valence-corrected chi connectivity index (χ1v) is 8.02. The third-order valence-electron chi connectivity index (χ3n) is 3.88. The van der Waals surface area contributed by atoms with Crippen LogP contribution in [-0.4, -0.2) is 28.8 Å². The van der Waals surface area contributed by atoms with Gasteiger partial charge in [-0.15, -0.1) is 0 Å². The quantitative estimate of drug-likeness (QED) is 0.926. The highest BCUT2D eigenvalue weighted by Crippen LogP contribution is 2.23. The number of hydrogen-bond acceptors (Lipinski definition) is 3. The predicted molar refractivity (Wildman–Crippen MR) is 80.5 cm³/mol. The Morgan fingerprint density at radius 3 is 2.55 bits per heavy atom. The van der Waals surface area contributed by atoms with Crippen molar-refractivity contribution in [1.82, 2.24) is 10.2 Å². The number of hydrogen-bond donors (Lipinski definition) is 1. The van der Waals surface area contributed by atoms with Crippen LogP contribution in [0.2, 0.25) is 0 Å². The van der Waals surface area contributed by atoms with Crippen LogP contribution >= 0.6 is 11.3 Å². The minimum Gasteiger partial charge on any atom is -0.342 e. The third-order valence-corrected chi connectivity index (χ3v) is 4.79. The fraction of sp³-hybridized carbons (Fsp3) is 0.600. The highest BCUT2D eigenvalue weighted by atomic mass is 32.1. The Hall–Kier alpha value is -1.36. The van der Waals surface area contributed by atoms with E-state index in [1.54, 1.807) is 16.2 Å². The second-order valence-corrected chi connectivity index (χ2v) is 6.44. The van der Waals surface area contributed by atoms with Crippen molar-refractivity contribution in [2.24, 2.45) is 5.92 Å². The van der Waals surface area contributed by atoms with Crippen molar-refractivity contribution in [3.05, 3.63) is 21.9 Å². The van der Waals surface area contributed by atoms with Crippen LogP contribution < -0.4 is 5.32 Å². The molecule has 1 fully saturated rings. The molecule has 2 rings (SSSR count). The predicted octanol–water partition coefficient (Wildman–Crippen LogP) is 2.32. The number of nitrogens with zero attached hydrogens (tertiary/aromatic N) is 1. The summed E-state index contributed by atoms with van der Waals surface area (Å²) in [5, 5.41) is 7.00. The van der Waals surface area contributed by atoms with E-state index in [1.165, 1.54) is 5.56 Å². The molecule has 1 N–H and O–H groups in total. The number of carbonyl (C=O) groups is 2. The van der Waals surface area contributed by atoms with Crippen molar-refractivity contribution in [2.75, 3.05) is 0 Å². The maximum absolute atomic E-state index is 12.6. The number of piperazine rings is 1. The molecule has 2 atom stereocenters. The van der Waals surface area contributed by atoms with Gasteiger partial charge in [0.05, 0.1) is 0 Å². The second-order valence-electron chi connectivity index (χ2n) is 5.70. The van der Waals surface area contributed by atoms with Crippen LogP contribution in [-0.2, 0) is 16.1 Å². The molecule has 1 aromatic heterocycles. The third kappa shape index (κ3) is 2.73. The summed E-state index contributed by atoms with van der Waals surface area (Å²) in [5.41, 5.74) is 2.32. The lowest BCUT2D eigenvalue weighted by atomic mass is 9.96. The molecular formula is C15H22N2O2S. The zero-order valence-electron chi connectivity index (χ0n) is 12.5. The van der Waals surface area contributed by atoms with Crippen molar-refractivity contribution >= 4 is 23.2 Å². The summed E-state index contributed by atoms with van der Waals surface area (Å²) in [4.78, 5) is 26.6. The van der Waals surface area contributed by atoms with E-state index in [0.29, 0.717) is 13.0 Å². The molecule has 4 nitrogen and oxygen atoms in total. The maximum Gasteiger partial charge on any atom is 0.246 e. The first kappa shape index (κ1) is 15.0. The summed E-state index contributed by atoms with van der Waals surface area (Å²) in [7, 11) is 0. The molecule has 1 aliphatic heterocycles. The van der Waals surface area contributed by atoms with Gasteiger partial charge in [-0.25, -0.2) is 0 Å². The molecule has 0 radical (unpaired) electrons. The van der Waals surface area contributed by atoms with Crippen LogP contribution in [0, 0.1) is 12.8 Å². The van der Waals surface area contributed by atoms with Gasteiger partial charge in [-0.1, -0.05) is 20.8 Å². The summed E-state index contributed by atoms with van der Waals surface area (Å²) >= 11 is 1.63. The average molecular weight is 294 g/mol. The molecule has 1 aliphatic rings. The van der Waals surface area contributed by atoms with Gasteiger partial charge in [-0.2, -0.15) is 11.3 Å². The first-order chi connectivity index (χ1) is 9.45. The second kappa shape index (κ2) is 5.95. The Morgan fingerprint density at radius 1 is 1.35 bits per heavy atom. The summed E-state index contributed by atoms with van der Waals surface area (Å²) in [6, 6.07) is -0.749. The number of rotatable bonds is 4. The molecule has 0 saturated carbocycles. The topological polar surface area (TPSA) is 49.4 Å². The average Bonchev–Trinajstić information content (AvgIpc) is 2.79. The van der Waals surface area contributed by atoms with Gasteiger partial charge in [0.2, 0.25) is 11.8 Å². The number of aryl methyl sites for hydroxylation is 1. The zero-order valence-corrected chi connectivity index (χ0v) is 13.3. The smallest absolute Gasteiger partial charge is 0.246 e. The van der Waals surface area contributed by atoms with E-state index in [9.17, 15) is 9.59 Å². The molecule has 2 heterocycles. The highest BCUT2D eigenvalue weighted by Gasteiger charge is 2.40.